The minimum atomic E-state index is -1.28. The van der Waals surface area contributed by atoms with Crippen LogP contribution in [0.3, 0.4) is 0 Å². The summed E-state index contributed by atoms with van der Waals surface area (Å²) in [5.41, 5.74) is 4.46. The molecule has 0 aromatic heterocycles. The van der Waals surface area contributed by atoms with E-state index in [0.29, 0.717) is 59.2 Å². The number of nitrogens with zero attached hydrogens (tertiary/aromatic N) is 5. The fourth-order valence-electron chi connectivity index (χ4n) is 10.2. The number of halogens is 3. The quantitative estimate of drug-likeness (QED) is 0.0163. The Morgan fingerprint density at radius 3 is 1.01 bits per heavy atom. The molecule has 20 heteroatoms. The zero-order chi connectivity index (χ0) is 66.0. The number of nitriles is 1. The Balaban J connectivity index is 0.000000406. The SMILES string of the molecule is CCN(CCO)CCOC.CCN(CCO)CCOC(c1ccccc1)(c1ccc(OC)cc1)c1ccc(OC)cc1.CCN(CCOP(OCCC#N)N(C(C)C)C(C)C)CCOC(c1ccccc1)(c1ccc(OC)cc1)c1ccc(OC)cc1.I[I-]I. The van der Waals surface area contributed by atoms with Crippen molar-refractivity contribution < 1.29 is 65.7 Å². The van der Waals surface area contributed by atoms with E-state index in [9.17, 15) is 5.11 Å². The molecule has 0 aliphatic rings. The molecule has 1 atom stereocenters. The van der Waals surface area contributed by atoms with Crippen LogP contribution < -0.4 is 32.2 Å². The second-order valence-corrected chi connectivity index (χ2v) is 38.6. The average Bonchev–Trinajstić information content (AvgIpc) is 0.821. The second kappa shape index (κ2) is 47.1. The van der Waals surface area contributed by atoms with Crippen LogP contribution >= 0.6 is 45.8 Å². The standard InChI is InChI=1S/C36H50N3O5P.C27H33NO4.C7H17NO2.I3/c1-8-38(25-28-44-45(43-26-12-23-37)39(29(2)3)30(4)5)24-27-42-36(31-13-10-9-11-14-31,32-15-19-34(40-6)20-16-32)33-17-21-35(41-7)22-18-33;1-4-28(18-20-29)19-21-32-27(22-8-6-5-7-9-22,23-10-14-25(30-2)15-11-23)24-12-16-26(31-3)17-13-24;1-3-8(4-6-9)5-7-10-2;1-3-2/h9-11,13-22,29-30H,8,12,24-28H2,1-7H3;5-17,29H,4,18-21H2,1-3H3;9H,3-7H2,1-2H3;/q;;;-1. The molecule has 1 unspecified atom stereocenters. The van der Waals surface area contributed by atoms with Gasteiger partial charge in [0.15, 0.2) is 0 Å². The molecule has 498 valence electrons. The topological polar surface area (TPSA) is 160 Å². The number of hydrogen-bond acceptors (Lipinski definition) is 16. The number of rotatable bonds is 38. The molecule has 6 aromatic rings. The first kappa shape index (κ1) is 80.4. The van der Waals surface area contributed by atoms with Gasteiger partial charge in [0.2, 0.25) is 0 Å². The van der Waals surface area contributed by atoms with Crippen molar-refractivity contribution in [2.75, 3.05) is 141 Å². The molecule has 2 N–H and O–H groups in total. The van der Waals surface area contributed by atoms with Crippen molar-refractivity contribution in [3.05, 3.63) is 191 Å². The molecular formula is C70H100I3N5O11P-. The van der Waals surface area contributed by atoms with Gasteiger partial charge in [0.05, 0.1) is 87.2 Å². The molecular weight excluding hydrogens is 1500 g/mol. The van der Waals surface area contributed by atoms with E-state index in [1.807, 2.05) is 84.9 Å². The van der Waals surface area contributed by atoms with Gasteiger partial charge in [-0.25, -0.2) is 4.67 Å². The minimum absolute atomic E-state index is 0.134. The molecule has 0 bridgehead atoms. The number of aliphatic hydroxyl groups excluding tert-OH is 2. The van der Waals surface area contributed by atoms with Crippen LogP contribution in [0.15, 0.2) is 158 Å². The van der Waals surface area contributed by atoms with E-state index in [-0.39, 0.29) is 25.3 Å². The molecule has 0 fully saturated rings. The van der Waals surface area contributed by atoms with E-state index in [0.717, 1.165) is 109 Å². The van der Waals surface area contributed by atoms with Crippen molar-refractivity contribution in [3.63, 3.8) is 0 Å². The summed E-state index contributed by atoms with van der Waals surface area (Å²) in [5.74, 6) is 3.17. The van der Waals surface area contributed by atoms with Crippen LogP contribution in [0, 0.1) is 11.3 Å². The number of benzene rings is 6. The van der Waals surface area contributed by atoms with Gasteiger partial charge in [-0.05, 0) is 129 Å². The van der Waals surface area contributed by atoms with Crippen molar-refractivity contribution in [3.8, 4) is 29.1 Å². The van der Waals surface area contributed by atoms with Crippen molar-refractivity contribution >= 4 is 45.8 Å². The van der Waals surface area contributed by atoms with Crippen molar-refractivity contribution in [1.29, 1.82) is 5.26 Å². The van der Waals surface area contributed by atoms with Gasteiger partial charge >= 0.3 is 50.5 Å². The molecule has 0 aliphatic carbocycles. The monoisotopic (exact) mass is 1600 g/mol. The second-order valence-electron chi connectivity index (χ2n) is 20.9. The molecule has 0 saturated carbocycles. The maximum absolute atomic E-state index is 9.35. The van der Waals surface area contributed by atoms with Crippen LogP contribution in [0.25, 0.3) is 0 Å². The van der Waals surface area contributed by atoms with E-state index in [2.05, 4.69) is 184 Å². The Morgan fingerprint density at radius 2 is 0.733 bits per heavy atom. The van der Waals surface area contributed by atoms with Gasteiger partial charge in [-0.15, -0.1) is 0 Å². The molecule has 0 radical (unpaired) electrons. The Labute approximate surface area is 570 Å². The summed E-state index contributed by atoms with van der Waals surface area (Å²) < 4.78 is 55.2. The van der Waals surface area contributed by atoms with Gasteiger partial charge in [0.25, 0.3) is 8.53 Å². The van der Waals surface area contributed by atoms with Gasteiger partial charge in [0.1, 0.15) is 34.2 Å². The van der Waals surface area contributed by atoms with Crippen LogP contribution in [0.5, 0.6) is 23.0 Å². The summed E-state index contributed by atoms with van der Waals surface area (Å²) in [6.07, 6.45) is 0.343. The van der Waals surface area contributed by atoms with E-state index in [4.69, 9.17) is 52.6 Å². The summed E-state index contributed by atoms with van der Waals surface area (Å²) in [6.45, 7) is 25.0. The molecule has 6 aromatic carbocycles. The molecule has 0 amide bonds. The predicted octanol–water partition coefficient (Wildman–Crippen LogP) is 10.7. The van der Waals surface area contributed by atoms with Gasteiger partial charge in [-0.1, -0.05) is 130 Å². The van der Waals surface area contributed by atoms with Crippen molar-refractivity contribution in [2.24, 2.45) is 0 Å². The molecule has 0 saturated heterocycles. The van der Waals surface area contributed by atoms with Crippen LogP contribution in [-0.4, -0.2) is 182 Å². The van der Waals surface area contributed by atoms with E-state index < -0.39 is 19.7 Å². The van der Waals surface area contributed by atoms with Crippen LogP contribution in [0.2, 0.25) is 0 Å². The zero-order valence-corrected chi connectivity index (χ0v) is 62.4. The Hall–Kier alpha value is -3.81. The third kappa shape index (κ3) is 26.2. The van der Waals surface area contributed by atoms with Gasteiger partial charge in [-0.2, -0.15) is 5.26 Å². The summed E-state index contributed by atoms with van der Waals surface area (Å²) in [6, 6.07) is 55.6. The third-order valence-corrected chi connectivity index (χ3v) is 17.0. The molecule has 0 aliphatic heterocycles. The van der Waals surface area contributed by atoms with Crippen molar-refractivity contribution in [1.82, 2.24) is 19.4 Å². The number of hydrogen-bond donors (Lipinski definition) is 2. The van der Waals surface area contributed by atoms with Gasteiger partial charge in [0, 0.05) is 58.5 Å². The van der Waals surface area contributed by atoms with Crippen molar-refractivity contribution in [2.45, 2.75) is 78.2 Å². The fraction of sp³-hybridized carbons (Fsp3) is 0.471. The fourth-order valence-corrected chi connectivity index (χ4v) is 11.7. The molecule has 6 rings (SSSR count). The average molecular weight is 1600 g/mol. The number of ether oxygens (including phenoxy) is 7. The van der Waals surface area contributed by atoms with Crippen LogP contribution in [-0.2, 0) is 34.5 Å². The van der Waals surface area contributed by atoms with Gasteiger partial charge in [-0.3, -0.25) is 14.7 Å². The first-order valence-corrected chi connectivity index (χ1v) is 44.4. The van der Waals surface area contributed by atoms with E-state index in [1.54, 1.807) is 35.5 Å². The van der Waals surface area contributed by atoms with Crippen LogP contribution in [0.1, 0.15) is 88.3 Å². The maximum atomic E-state index is 9.35. The molecule has 16 nitrogen and oxygen atoms in total. The van der Waals surface area contributed by atoms with Gasteiger partial charge < -0.3 is 52.4 Å². The Bertz CT molecular complexity index is 2680. The zero-order valence-electron chi connectivity index (χ0n) is 55.1. The predicted molar refractivity (Wildman–Crippen MR) is 378 cm³/mol. The first-order chi connectivity index (χ1) is 43.7. The number of likely N-dealkylation sites (N-methyl/N-ethyl adjacent to an activating group) is 3. The van der Waals surface area contributed by atoms with E-state index >= 15 is 0 Å². The Morgan fingerprint density at radius 1 is 0.444 bits per heavy atom. The number of aliphatic hydroxyl groups is 2. The summed E-state index contributed by atoms with van der Waals surface area (Å²) >= 11 is 5.30. The normalized spacial score (nSPS) is 11.8. The Kier molecular flexibility index (Phi) is 42.1. The molecule has 0 spiro atoms. The number of methoxy groups -OCH3 is 5. The molecule has 0 heterocycles. The summed E-state index contributed by atoms with van der Waals surface area (Å²) in [5, 5.41) is 27.0. The first-order valence-electron chi connectivity index (χ1n) is 30.7. The van der Waals surface area contributed by atoms with E-state index in [1.165, 1.54) is 0 Å². The summed E-state index contributed by atoms with van der Waals surface area (Å²) in [4.78, 5) is 6.65. The van der Waals surface area contributed by atoms with Crippen LogP contribution in [0.4, 0.5) is 0 Å². The summed E-state index contributed by atoms with van der Waals surface area (Å²) in [7, 11) is 7.09. The third-order valence-electron chi connectivity index (χ3n) is 14.9. The molecule has 90 heavy (non-hydrogen) atoms.